The first-order valence-electron chi connectivity index (χ1n) is 13.6. The number of methoxy groups -OCH3 is 1. The Morgan fingerprint density at radius 2 is 1.85 bits per heavy atom. The lowest BCUT2D eigenvalue weighted by Crippen LogP contribution is -2.40. The fourth-order valence-electron chi connectivity index (χ4n) is 5.76. The number of rotatable bonds is 9. The van der Waals surface area contributed by atoms with E-state index in [-0.39, 0.29) is 47.8 Å². The molecule has 1 heterocycles. The first-order valence-corrected chi connectivity index (χ1v) is 13.6. The molecule has 0 aliphatic heterocycles. The Morgan fingerprint density at radius 3 is 2.51 bits per heavy atom. The summed E-state index contributed by atoms with van der Waals surface area (Å²) in [7, 11) is 6.82. The normalized spacial score (nSPS) is 21.2. The molecule has 2 amide bonds. The van der Waals surface area contributed by atoms with Crippen molar-refractivity contribution >= 4 is 17.8 Å². The van der Waals surface area contributed by atoms with Crippen LogP contribution >= 0.6 is 0 Å². The third-order valence-electron chi connectivity index (χ3n) is 7.84. The largest absolute Gasteiger partial charge is 0.507 e. The molecule has 2 aliphatic carbocycles. The number of hydrogen-bond donors (Lipinski definition) is 4. The Bertz CT molecular complexity index is 1200. The van der Waals surface area contributed by atoms with E-state index in [2.05, 4.69) is 34.7 Å². The van der Waals surface area contributed by atoms with Gasteiger partial charge in [-0.1, -0.05) is 13.8 Å². The van der Waals surface area contributed by atoms with Crippen LogP contribution in [0.25, 0.3) is 0 Å². The number of hydrogen-bond acceptors (Lipinski definition) is 8. The Morgan fingerprint density at radius 1 is 1.13 bits per heavy atom. The molecule has 0 bridgehead atoms. The molecule has 0 radical (unpaired) electrons. The molecule has 2 aromatic rings. The molecule has 0 spiro atoms. The average Bonchev–Trinajstić information content (AvgIpc) is 3.62. The van der Waals surface area contributed by atoms with E-state index in [1.54, 1.807) is 39.3 Å². The lowest BCUT2D eigenvalue weighted by molar-refractivity contribution is -0.119. The molecule has 1 fully saturated rings. The zero-order valence-electron chi connectivity index (χ0n) is 24.0. The molecular weight excluding hydrogens is 500 g/mol. The Hall–Kier alpha value is -3.31. The lowest BCUT2D eigenvalue weighted by Gasteiger charge is -2.25. The number of nitrogens with one attached hydrogen (secondary N) is 3. The van der Waals surface area contributed by atoms with Gasteiger partial charge in [-0.3, -0.25) is 9.89 Å². The highest BCUT2D eigenvalue weighted by molar-refractivity contribution is 5.93. The number of ether oxygens (including phenoxy) is 2. The molecule has 11 heteroatoms. The molecule has 2 aliphatic rings. The summed E-state index contributed by atoms with van der Waals surface area (Å²) in [6.07, 6.45) is 2.86. The second-order valence-electron chi connectivity index (χ2n) is 11.2. The number of H-pyrrole nitrogens is 1. The number of carbonyl (C=O) groups excluding carboxylic acids is 2. The van der Waals surface area contributed by atoms with Gasteiger partial charge in [0.05, 0.1) is 7.11 Å². The Labute approximate surface area is 230 Å². The second kappa shape index (κ2) is 11.8. The molecule has 39 heavy (non-hydrogen) atoms. The van der Waals surface area contributed by atoms with Crippen molar-refractivity contribution in [1.82, 2.24) is 25.5 Å². The van der Waals surface area contributed by atoms with Crippen molar-refractivity contribution < 1.29 is 24.2 Å². The Balaban J connectivity index is 1.39. The van der Waals surface area contributed by atoms with Crippen LogP contribution in [0.2, 0.25) is 0 Å². The summed E-state index contributed by atoms with van der Waals surface area (Å²) < 4.78 is 11.2. The van der Waals surface area contributed by atoms with Crippen molar-refractivity contribution in [1.29, 1.82) is 0 Å². The summed E-state index contributed by atoms with van der Waals surface area (Å²) in [4.78, 5) is 25.5. The third-order valence-corrected chi connectivity index (χ3v) is 7.84. The van der Waals surface area contributed by atoms with Crippen LogP contribution in [0.3, 0.4) is 0 Å². The summed E-state index contributed by atoms with van der Waals surface area (Å²) in [6.45, 7) is 6.15. The number of benzene rings is 1. The van der Waals surface area contributed by atoms with E-state index in [4.69, 9.17) is 9.47 Å². The van der Waals surface area contributed by atoms with Crippen LogP contribution < -0.4 is 15.4 Å². The van der Waals surface area contributed by atoms with Crippen molar-refractivity contribution in [2.45, 2.75) is 77.0 Å². The number of phenols is 1. The van der Waals surface area contributed by atoms with Gasteiger partial charge in [-0.05, 0) is 50.2 Å². The van der Waals surface area contributed by atoms with Crippen LogP contribution in [0, 0.1) is 5.92 Å². The average molecular weight is 543 g/mol. The van der Waals surface area contributed by atoms with E-state index in [0.717, 1.165) is 35.2 Å². The molecular formula is C28H42N6O5. The molecule has 4 rings (SSSR count). The summed E-state index contributed by atoms with van der Waals surface area (Å²) in [6, 6.07) is 3.69. The van der Waals surface area contributed by atoms with Crippen molar-refractivity contribution in [2.75, 3.05) is 33.6 Å². The maximum Gasteiger partial charge on any atom is 0.424 e. The summed E-state index contributed by atoms with van der Waals surface area (Å²) in [5.74, 6) is 1.01. The maximum absolute atomic E-state index is 13.3. The molecule has 214 valence electrons. The van der Waals surface area contributed by atoms with Gasteiger partial charge in [-0.2, -0.15) is 5.10 Å². The number of aromatic hydroxyl groups is 1. The predicted octanol–water partition coefficient (Wildman–Crippen LogP) is 3.72. The highest BCUT2D eigenvalue weighted by Crippen LogP contribution is 2.43. The first-order chi connectivity index (χ1) is 18.5. The highest BCUT2D eigenvalue weighted by Gasteiger charge is 2.35. The van der Waals surface area contributed by atoms with Gasteiger partial charge >= 0.3 is 6.09 Å². The smallest absolute Gasteiger partial charge is 0.424 e. The quantitative estimate of drug-likeness (QED) is 0.353. The number of aromatic nitrogens is 2. The number of aromatic amines is 1. The monoisotopic (exact) mass is 542 g/mol. The highest BCUT2D eigenvalue weighted by atomic mass is 16.6. The minimum Gasteiger partial charge on any atom is -0.507 e. The van der Waals surface area contributed by atoms with Crippen molar-refractivity contribution in [3.05, 3.63) is 34.5 Å². The number of amides is 2. The van der Waals surface area contributed by atoms with Crippen LogP contribution in [-0.4, -0.2) is 77.7 Å². The van der Waals surface area contributed by atoms with Crippen LogP contribution in [-0.2, 0) is 22.4 Å². The molecule has 11 nitrogen and oxygen atoms in total. The molecule has 4 atom stereocenters. The SMILES string of the molecule is COc1cc(O)c(C(C)NC(C)C)c2c1CC(C(=O)Nc1cc(C3CCC(OC(=O)N(C)N(C)C)C3)[nH]n1)C2. The minimum absolute atomic E-state index is 0.0711. The van der Waals surface area contributed by atoms with Crippen molar-refractivity contribution in [2.24, 2.45) is 5.92 Å². The van der Waals surface area contributed by atoms with Gasteiger partial charge in [0, 0.05) is 68.5 Å². The fraction of sp³-hybridized carbons (Fsp3) is 0.607. The summed E-state index contributed by atoms with van der Waals surface area (Å²) >= 11 is 0. The molecule has 0 saturated heterocycles. The zero-order chi connectivity index (χ0) is 28.4. The van der Waals surface area contributed by atoms with Gasteiger partial charge in [-0.15, -0.1) is 0 Å². The standard InChI is InChI=1S/C28H42N6O5/c1-15(2)29-16(3)26-21-12-18(11-20(21)24(38-7)14-23(26)35)27(36)30-25-13-22(31-32-25)17-8-9-19(10-17)39-28(37)34(6)33(4)5/h13-19,29,35H,8-12H2,1-7H3,(H2,30,31,32,36). The van der Waals surface area contributed by atoms with Crippen LogP contribution in [0.5, 0.6) is 11.5 Å². The first kappa shape index (κ1) is 28.7. The van der Waals surface area contributed by atoms with Gasteiger partial charge in [0.1, 0.15) is 17.6 Å². The molecule has 1 aromatic carbocycles. The number of nitrogens with zero attached hydrogens (tertiary/aromatic N) is 3. The van der Waals surface area contributed by atoms with E-state index >= 15 is 0 Å². The molecule has 1 aromatic heterocycles. The number of fused-ring (bicyclic) bond motifs is 1. The molecule has 1 saturated carbocycles. The van der Waals surface area contributed by atoms with E-state index in [1.165, 1.54) is 5.01 Å². The van der Waals surface area contributed by atoms with Crippen LogP contribution in [0.1, 0.15) is 74.4 Å². The number of anilines is 1. The van der Waals surface area contributed by atoms with E-state index in [1.807, 2.05) is 13.0 Å². The van der Waals surface area contributed by atoms with Gasteiger partial charge in [-0.25, -0.2) is 14.8 Å². The van der Waals surface area contributed by atoms with Crippen molar-refractivity contribution in [3.63, 3.8) is 0 Å². The Kier molecular flexibility index (Phi) is 8.70. The third kappa shape index (κ3) is 6.30. The predicted molar refractivity (Wildman–Crippen MR) is 148 cm³/mol. The molecule has 4 unspecified atom stereocenters. The minimum atomic E-state index is -0.372. The topological polar surface area (TPSA) is 132 Å². The van der Waals surface area contributed by atoms with Gasteiger partial charge in [0.15, 0.2) is 5.82 Å². The van der Waals surface area contributed by atoms with Crippen LogP contribution in [0.4, 0.5) is 10.6 Å². The maximum atomic E-state index is 13.3. The molecule has 4 N–H and O–H groups in total. The van der Waals surface area contributed by atoms with E-state index < -0.39 is 0 Å². The van der Waals surface area contributed by atoms with E-state index in [9.17, 15) is 14.7 Å². The van der Waals surface area contributed by atoms with Gasteiger partial charge in [0.25, 0.3) is 0 Å². The number of carbonyl (C=O) groups is 2. The van der Waals surface area contributed by atoms with Gasteiger partial charge < -0.3 is 25.2 Å². The summed E-state index contributed by atoms with van der Waals surface area (Å²) in [5, 5.41) is 27.7. The second-order valence-corrected chi connectivity index (χ2v) is 11.2. The van der Waals surface area contributed by atoms with Crippen LogP contribution in [0.15, 0.2) is 12.1 Å². The fourth-order valence-corrected chi connectivity index (χ4v) is 5.76. The van der Waals surface area contributed by atoms with Crippen molar-refractivity contribution in [3.8, 4) is 11.5 Å². The zero-order valence-corrected chi connectivity index (χ0v) is 24.0. The van der Waals surface area contributed by atoms with Gasteiger partial charge in [0.2, 0.25) is 5.91 Å². The lowest BCUT2D eigenvalue weighted by atomic mass is 9.95. The number of phenolic OH excluding ortho intramolecular Hbond substituents is 1. The summed E-state index contributed by atoms with van der Waals surface area (Å²) in [5.41, 5.74) is 3.69. The number of hydrazine groups is 1. The van der Waals surface area contributed by atoms with E-state index in [0.29, 0.717) is 30.8 Å².